The summed E-state index contributed by atoms with van der Waals surface area (Å²) in [4.78, 5) is 0. The van der Waals surface area contributed by atoms with Gasteiger partial charge in [0.05, 0.1) is 33.8 Å². The molecule has 0 atom stereocenters. The van der Waals surface area contributed by atoms with Crippen molar-refractivity contribution in [3.8, 4) is 28.7 Å². The number of methoxy groups -OCH3 is 4. The van der Waals surface area contributed by atoms with E-state index in [0.717, 1.165) is 21.7 Å². The molecule has 0 amide bonds. The quantitative estimate of drug-likeness (QED) is 0.281. The number of benzene rings is 2. The van der Waals surface area contributed by atoms with Gasteiger partial charge >= 0.3 is 0 Å². The summed E-state index contributed by atoms with van der Waals surface area (Å²) in [5, 5.41) is 13.8. The molecule has 0 aliphatic carbocycles. The molecule has 0 radical (unpaired) electrons. The van der Waals surface area contributed by atoms with Crippen molar-refractivity contribution >= 4 is 27.1 Å². The molecule has 4 rings (SSSR count). The SMILES string of the molecule is COc1ccc2cc3c4c(OC)cc(OC)c(OC)c4cc[n+]3cc2c1O.[Br-]. The van der Waals surface area contributed by atoms with Gasteiger partial charge in [-0.25, -0.2) is 0 Å². The largest absolute Gasteiger partial charge is 1.00 e. The average molecular weight is 446 g/mol. The van der Waals surface area contributed by atoms with Gasteiger partial charge in [-0.2, -0.15) is 4.40 Å². The van der Waals surface area contributed by atoms with Gasteiger partial charge in [-0.15, -0.1) is 0 Å². The van der Waals surface area contributed by atoms with Crippen molar-refractivity contribution in [2.45, 2.75) is 0 Å². The van der Waals surface area contributed by atoms with E-state index in [0.29, 0.717) is 28.4 Å². The van der Waals surface area contributed by atoms with Gasteiger partial charge < -0.3 is 41.0 Å². The summed E-state index contributed by atoms with van der Waals surface area (Å²) in [6.07, 6.45) is 3.79. The Hall–Kier alpha value is -2.93. The molecule has 0 spiro atoms. The molecule has 0 aliphatic heterocycles. The Morgan fingerprint density at radius 1 is 0.786 bits per heavy atom. The number of aromatic hydroxyl groups is 1. The highest BCUT2D eigenvalue weighted by atomic mass is 79.9. The number of nitrogens with zero attached hydrogens (tertiary/aromatic N) is 1. The van der Waals surface area contributed by atoms with Crippen LogP contribution in [-0.4, -0.2) is 33.5 Å². The van der Waals surface area contributed by atoms with Crippen molar-refractivity contribution in [1.29, 1.82) is 0 Å². The Morgan fingerprint density at radius 2 is 1.50 bits per heavy atom. The molecule has 1 N–H and O–H groups in total. The van der Waals surface area contributed by atoms with Crippen LogP contribution in [-0.2, 0) is 0 Å². The first-order valence-electron chi connectivity index (χ1n) is 8.39. The van der Waals surface area contributed by atoms with E-state index in [4.69, 9.17) is 18.9 Å². The van der Waals surface area contributed by atoms with Crippen LogP contribution in [0.2, 0.25) is 0 Å². The number of hydrogen-bond acceptors (Lipinski definition) is 5. The Kier molecular flexibility index (Phi) is 5.38. The summed E-state index contributed by atoms with van der Waals surface area (Å²) in [7, 11) is 6.38. The first-order chi connectivity index (χ1) is 13.1. The number of rotatable bonds is 4. The number of aromatic nitrogens is 1. The third-order valence-corrected chi connectivity index (χ3v) is 4.82. The van der Waals surface area contributed by atoms with Gasteiger partial charge in [-0.1, -0.05) is 0 Å². The average Bonchev–Trinajstić information content (AvgIpc) is 2.71. The third kappa shape index (κ3) is 2.82. The summed E-state index contributed by atoms with van der Waals surface area (Å²) in [5.41, 5.74) is 0.919. The predicted molar refractivity (Wildman–Crippen MR) is 102 cm³/mol. The Bertz CT molecular complexity index is 1190. The lowest BCUT2D eigenvalue weighted by molar-refractivity contribution is -0.509. The molecule has 0 aliphatic rings. The lowest BCUT2D eigenvalue weighted by Gasteiger charge is -2.14. The van der Waals surface area contributed by atoms with Crippen molar-refractivity contribution in [3.05, 3.63) is 42.7 Å². The summed E-state index contributed by atoms with van der Waals surface area (Å²) < 4.78 is 23.8. The fraction of sp³-hybridized carbons (Fsp3) is 0.190. The number of pyridine rings is 2. The number of halogens is 1. The first-order valence-corrected chi connectivity index (χ1v) is 8.39. The molecule has 0 saturated heterocycles. The molecule has 4 aromatic rings. The van der Waals surface area contributed by atoms with Gasteiger partial charge in [-0.3, -0.25) is 0 Å². The lowest BCUT2D eigenvalue weighted by atomic mass is 10.0. The summed E-state index contributed by atoms with van der Waals surface area (Å²) in [6, 6.07) is 9.43. The van der Waals surface area contributed by atoms with Crippen LogP contribution in [0.25, 0.3) is 27.1 Å². The number of phenolic OH excluding ortho intramolecular Hbond substituents is 1. The molecule has 0 saturated carbocycles. The highest BCUT2D eigenvalue weighted by molar-refractivity contribution is 6.05. The fourth-order valence-corrected chi connectivity index (χ4v) is 3.52. The second-order valence-corrected chi connectivity index (χ2v) is 6.10. The molecule has 6 nitrogen and oxygen atoms in total. The second-order valence-electron chi connectivity index (χ2n) is 6.10. The molecule has 2 heterocycles. The molecular formula is C21H20BrNO5. The number of phenols is 1. The Labute approximate surface area is 172 Å². The zero-order chi connectivity index (χ0) is 19.1. The molecule has 0 unspecified atom stereocenters. The van der Waals surface area contributed by atoms with Crippen LogP contribution >= 0.6 is 0 Å². The fourth-order valence-electron chi connectivity index (χ4n) is 3.52. The van der Waals surface area contributed by atoms with E-state index in [9.17, 15) is 5.11 Å². The van der Waals surface area contributed by atoms with Crippen LogP contribution in [0.3, 0.4) is 0 Å². The van der Waals surface area contributed by atoms with Gasteiger partial charge in [0, 0.05) is 23.6 Å². The summed E-state index contributed by atoms with van der Waals surface area (Å²) in [5.74, 6) is 2.48. The smallest absolute Gasteiger partial charge is 0.223 e. The topological polar surface area (TPSA) is 61.2 Å². The van der Waals surface area contributed by atoms with E-state index in [1.807, 2.05) is 41.1 Å². The van der Waals surface area contributed by atoms with Crippen LogP contribution in [0.5, 0.6) is 28.7 Å². The molecule has 28 heavy (non-hydrogen) atoms. The molecule has 146 valence electrons. The van der Waals surface area contributed by atoms with Gasteiger partial charge in [0.15, 0.2) is 35.4 Å². The standard InChI is InChI=1S/C21H19NO5.BrH/c1-24-16-6-5-12-9-15-19-13(7-8-22(15)11-14(12)20(16)23)21(27-4)18(26-3)10-17(19)25-2;/h5-11H,1-4H3;1H. The summed E-state index contributed by atoms with van der Waals surface area (Å²) >= 11 is 0. The zero-order valence-corrected chi connectivity index (χ0v) is 17.5. The molecule has 0 bridgehead atoms. The molecule has 2 aromatic heterocycles. The maximum Gasteiger partial charge on any atom is 0.223 e. The second kappa shape index (κ2) is 7.59. The van der Waals surface area contributed by atoms with Crippen LogP contribution in [0.1, 0.15) is 0 Å². The van der Waals surface area contributed by atoms with Gasteiger partial charge in [0.25, 0.3) is 0 Å². The predicted octanol–water partition coefficient (Wildman–Crippen LogP) is 0.476. The number of ether oxygens (including phenoxy) is 4. The van der Waals surface area contributed by atoms with Gasteiger partial charge in [-0.05, 0) is 17.5 Å². The van der Waals surface area contributed by atoms with Gasteiger partial charge in [0.1, 0.15) is 11.1 Å². The highest BCUT2D eigenvalue weighted by Gasteiger charge is 2.21. The van der Waals surface area contributed by atoms with Crippen LogP contribution < -0.4 is 40.3 Å². The van der Waals surface area contributed by atoms with Crippen molar-refractivity contribution < 1.29 is 45.4 Å². The third-order valence-electron chi connectivity index (χ3n) is 4.82. The highest BCUT2D eigenvalue weighted by Crippen LogP contribution is 2.43. The Morgan fingerprint density at radius 3 is 2.14 bits per heavy atom. The number of hydrogen-bond donors (Lipinski definition) is 1. The minimum Gasteiger partial charge on any atom is -1.00 e. The first kappa shape index (κ1) is 19.8. The van der Waals surface area contributed by atoms with E-state index < -0.39 is 0 Å². The van der Waals surface area contributed by atoms with Crippen molar-refractivity contribution in [2.24, 2.45) is 0 Å². The molecule has 7 heteroatoms. The van der Waals surface area contributed by atoms with Crippen LogP contribution in [0.15, 0.2) is 42.7 Å². The van der Waals surface area contributed by atoms with Gasteiger partial charge in [0.2, 0.25) is 5.52 Å². The van der Waals surface area contributed by atoms with Crippen molar-refractivity contribution in [1.82, 2.24) is 0 Å². The molecular weight excluding hydrogens is 426 g/mol. The van der Waals surface area contributed by atoms with E-state index >= 15 is 0 Å². The van der Waals surface area contributed by atoms with E-state index in [1.54, 1.807) is 27.4 Å². The minimum atomic E-state index is 0. The number of fused-ring (bicyclic) bond motifs is 4. The normalized spacial score (nSPS) is 10.7. The van der Waals surface area contributed by atoms with Crippen LogP contribution in [0.4, 0.5) is 0 Å². The summed E-state index contributed by atoms with van der Waals surface area (Å²) in [6.45, 7) is 0. The van der Waals surface area contributed by atoms with E-state index in [2.05, 4.69) is 0 Å². The molecule has 2 aromatic carbocycles. The van der Waals surface area contributed by atoms with Crippen molar-refractivity contribution in [3.63, 3.8) is 0 Å². The van der Waals surface area contributed by atoms with Crippen molar-refractivity contribution in [2.75, 3.05) is 28.4 Å². The lowest BCUT2D eigenvalue weighted by Crippen LogP contribution is -3.00. The van der Waals surface area contributed by atoms with E-state index in [1.165, 1.54) is 7.11 Å². The zero-order valence-electron chi connectivity index (χ0n) is 15.9. The maximum atomic E-state index is 10.5. The monoisotopic (exact) mass is 445 g/mol. The van der Waals surface area contributed by atoms with E-state index in [-0.39, 0.29) is 22.7 Å². The minimum absolute atomic E-state index is 0. The van der Waals surface area contributed by atoms with Crippen LogP contribution in [0, 0.1) is 0 Å². The molecule has 0 fully saturated rings. The maximum absolute atomic E-state index is 10.5. The Balaban J connectivity index is 0.00000225.